The van der Waals surface area contributed by atoms with Crippen LogP contribution in [0.25, 0.3) is 0 Å². The predicted octanol–water partition coefficient (Wildman–Crippen LogP) is 2.00. The molecule has 0 aromatic carbocycles. The summed E-state index contributed by atoms with van der Waals surface area (Å²) < 4.78 is 0. The Kier molecular flexibility index (Phi) is 4.47. The van der Waals surface area contributed by atoms with Crippen molar-refractivity contribution in [3.63, 3.8) is 0 Å². The molecule has 1 atom stereocenters. The highest BCUT2D eigenvalue weighted by atomic mass is 16.2. The number of aryl methyl sites for hydroxylation is 2. The lowest BCUT2D eigenvalue weighted by molar-refractivity contribution is -0.147. The van der Waals surface area contributed by atoms with E-state index in [1.807, 2.05) is 18.7 Å². The first kappa shape index (κ1) is 17.7. The van der Waals surface area contributed by atoms with Crippen molar-refractivity contribution < 1.29 is 9.59 Å². The van der Waals surface area contributed by atoms with E-state index in [9.17, 15) is 14.4 Å². The van der Waals surface area contributed by atoms with Gasteiger partial charge < -0.3 is 14.8 Å². The summed E-state index contributed by atoms with van der Waals surface area (Å²) >= 11 is 0. The Bertz CT molecular complexity index is 768. The summed E-state index contributed by atoms with van der Waals surface area (Å²) in [6.45, 7) is 8.86. The second-order valence-corrected chi connectivity index (χ2v) is 7.63. The SMILES string of the molecule is Cc1cc(C)c(C(=O)N2CCCC23CCCN(C(C)C)C3=O)c(=O)[nH]1. The Labute approximate surface area is 148 Å². The zero-order valence-electron chi connectivity index (χ0n) is 15.5. The molecule has 2 aliphatic heterocycles. The minimum Gasteiger partial charge on any atom is -0.338 e. The highest BCUT2D eigenvalue weighted by Crippen LogP contribution is 2.39. The molecule has 6 heteroatoms. The Morgan fingerprint density at radius 2 is 1.80 bits per heavy atom. The fourth-order valence-corrected chi connectivity index (χ4v) is 4.42. The second-order valence-electron chi connectivity index (χ2n) is 7.63. The lowest BCUT2D eigenvalue weighted by Gasteiger charge is -2.46. The Morgan fingerprint density at radius 3 is 2.40 bits per heavy atom. The van der Waals surface area contributed by atoms with Crippen LogP contribution >= 0.6 is 0 Å². The summed E-state index contributed by atoms with van der Waals surface area (Å²) in [6, 6.07) is 1.92. The Morgan fingerprint density at radius 1 is 1.16 bits per heavy atom. The molecule has 1 unspecified atom stereocenters. The number of likely N-dealkylation sites (tertiary alicyclic amines) is 2. The van der Waals surface area contributed by atoms with Gasteiger partial charge in [-0.25, -0.2) is 0 Å². The van der Waals surface area contributed by atoms with Crippen molar-refractivity contribution in [1.29, 1.82) is 0 Å². The van der Waals surface area contributed by atoms with Gasteiger partial charge in [0.05, 0.1) is 0 Å². The van der Waals surface area contributed by atoms with Gasteiger partial charge in [-0.15, -0.1) is 0 Å². The molecule has 2 aliphatic rings. The van der Waals surface area contributed by atoms with Crippen LogP contribution in [0.2, 0.25) is 0 Å². The van der Waals surface area contributed by atoms with Gasteiger partial charge in [-0.3, -0.25) is 14.4 Å². The van der Waals surface area contributed by atoms with Gasteiger partial charge in [-0.2, -0.15) is 0 Å². The zero-order valence-corrected chi connectivity index (χ0v) is 15.5. The van der Waals surface area contributed by atoms with Crippen molar-refractivity contribution in [2.45, 2.75) is 65.0 Å². The van der Waals surface area contributed by atoms with Gasteiger partial charge >= 0.3 is 0 Å². The lowest BCUT2D eigenvalue weighted by atomic mass is 9.84. The molecule has 0 bridgehead atoms. The summed E-state index contributed by atoms with van der Waals surface area (Å²) in [5.74, 6) is -0.268. The molecule has 3 heterocycles. The molecule has 2 saturated heterocycles. The van der Waals surface area contributed by atoms with Crippen molar-refractivity contribution in [3.8, 4) is 0 Å². The maximum atomic E-state index is 13.2. The molecule has 0 aliphatic carbocycles. The molecule has 25 heavy (non-hydrogen) atoms. The summed E-state index contributed by atoms with van der Waals surface area (Å²) in [5, 5.41) is 0. The van der Waals surface area contributed by atoms with Gasteiger partial charge in [0.2, 0.25) is 5.91 Å². The number of nitrogens with one attached hydrogen (secondary N) is 1. The molecule has 6 nitrogen and oxygen atoms in total. The lowest BCUT2D eigenvalue weighted by Crippen LogP contribution is -2.62. The second kappa shape index (κ2) is 6.32. The molecular weight excluding hydrogens is 318 g/mol. The van der Waals surface area contributed by atoms with Crippen LogP contribution < -0.4 is 5.56 Å². The molecule has 2 fully saturated rings. The molecule has 1 N–H and O–H groups in total. The van der Waals surface area contributed by atoms with E-state index in [1.54, 1.807) is 24.8 Å². The topological polar surface area (TPSA) is 73.5 Å². The van der Waals surface area contributed by atoms with Gasteiger partial charge in [0.15, 0.2) is 0 Å². The van der Waals surface area contributed by atoms with E-state index in [1.165, 1.54) is 0 Å². The number of rotatable bonds is 2. The van der Waals surface area contributed by atoms with Crippen LogP contribution in [0.4, 0.5) is 0 Å². The van der Waals surface area contributed by atoms with Crippen LogP contribution in [0.5, 0.6) is 0 Å². The van der Waals surface area contributed by atoms with Crippen LogP contribution in [-0.4, -0.2) is 51.3 Å². The third kappa shape index (κ3) is 2.77. The summed E-state index contributed by atoms with van der Waals surface area (Å²) in [6.07, 6.45) is 3.05. The van der Waals surface area contributed by atoms with Crippen molar-refractivity contribution >= 4 is 11.8 Å². The molecule has 0 saturated carbocycles. The summed E-state index contributed by atoms with van der Waals surface area (Å²) in [4.78, 5) is 45.1. The fourth-order valence-electron chi connectivity index (χ4n) is 4.42. The largest absolute Gasteiger partial charge is 0.338 e. The third-order valence-corrected chi connectivity index (χ3v) is 5.58. The average Bonchev–Trinajstić information content (AvgIpc) is 2.93. The maximum absolute atomic E-state index is 13.2. The van der Waals surface area contributed by atoms with Gasteiger partial charge in [0, 0.05) is 24.8 Å². The highest BCUT2D eigenvalue weighted by molar-refractivity contribution is 6.00. The Hall–Kier alpha value is -2.11. The van der Waals surface area contributed by atoms with Crippen LogP contribution in [0.15, 0.2) is 10.9 Å². The van der Waals surface area contributed by atoms with Crippen molar-refractivity contribution in [3.05, 3.63) is 33.2 Å². The maximum Gasteiger partial charge on any atom is 0.261 e. The monoisotopic (exact) mass is 345 g/mol. The van der Waals surface area contributed by atoms with Crippen LogP contribution in [0, 0.1) is 13.8 Å². The van der Waals surface area contributed by atoms with Crippen molar-refractivity contribution in [1.82, 2.24) is 14.8 Å². The quantitative estimate of drug-likeness (QED) is 0.891. The molecule has 1 aromatic rings. The normalized spacial score (nSPS) is 23.8. The number of H-pyrrole nitrogens is 1. The highest BCUT2D eigenvalue weighted by Gasteiger charge is 2.53. The van der Waals surface area contributed by atoms with Gasteiger partial charge in [-0.1, -0.05) is 0 Å². The average molecular weight is 345 g/mol. The van der Waals surface area contributed by atoms with Crippen molar-refractivity contribution in [2.24, 2.45) is 0 Å². The number of hydrogen-bond acceptors (Lipinski definition) is 3. The molecular formula is C19H27N3O3. The summed E-state index contributed by atoms with van der Waals surface area (Å²) in [7, 11) is 0. The number of carbonyl (C=O) groups is 2. The van der Waals surface area contributed by atoms with E-state index >= 15 is 0 Å². The first-order valence-electron chi connectivity index (χ1n) is 9.11. The number of carbonyl (C=O) groups excluding carboxylic acids is 2. The number of nitrogens with zero attached hydrogens (tertiary/aromatic N) is 2. The molecule has 0 radical (unpaired) electrons. The first-order chi connectivity index (χ1) is 11.8. The summed E-state index contributed by atoms with van der Waals surface area (Å²) in [5.41, 5.74) is 0.422. The van der Waals surface area contributed by atoms with Crippen molar-refractivity contribution in [2.75, 3.05) is 13.1 Å². The number of hydrogen-bond donors (Lipinski definition) is 1. The van der Waals surface area contributed by atoms with E-state index in [4.69, 9.17) is 0 Å². The van der Waals surface area contributed by atoms with E-state index in [-0.39, 0.29) is 29.0 Å². The number of aromatic nitrogens is 1. The fraction of sp³-hybridized carbons (Fsp3) is 0.632. The van der Waals surface area contributed by atoms with E-state index in [0.717, 1.165) is 25.1 Å². The van der Waals surface area contributed by atoms with Gasteiger partial charge in [0.25, 0.3) is 11.5 Å². The minimum absolute atomic E-state index is 0.0424. The number of aromatic amines is 1. The predicted molar refractivity (Wildman–Crippen MR) is 95.6 cm³/mol. The molecule has 136 valence electrons. The molecule has 2 amide bonds. The van der Waals surface area contributed by atoms with Crippen LogP contribution in [0.1, 0.15) is 61.1 Å². The molecule has 1 spiro atoms. The number of piperidine rings is 1. The Balaban J connectivity index is 2.01. The first-order valence-corrected chi connectivity index (χ1v) is 9.11. The van der Waals surface area contributed by atoms with Gasteiger partial charge in [-0.05, 0) is 65.0 Å². The zero-order chi connectivity index (χ0) is 18.4. The smallest absolute Gasteiger partial charge is 0.261 e. The van der Waals surface area contributed by atoms with Crippen LogP contribution in [-0.2, 0) is 4.79 Å². The third-order valence-electron chi connectivity index (χ3n) is 5.58. The van der Waals surface area contributed by atoms with E-state index in [2.05, 4.69) is 4.98 Å². The number of amides is 2. The van der Waals surface area contributed by atoms with Gasteiger partial charge in [0.1, 0.15) is 11.1 Å². The standard InChI is InChI=1S/C19H27N3O3/c1-12(2)21-9-5-7-19(18(21)25)8-6-10-22(19)17(24)15-13(3)11-14(4)20-16(15)23/h11-12H,5-10H2,1-4H3,(H,20,23). The van der Waals surface area contributed by atoms with E-state index < -0.39 is 5.54 Å². The number of pyridine rings is 1. The van der Waals surface area contributed by atoms with Crippen LogP contribution in [0.3, 0.4) is 0 Å². The van der Waals surface area contributed by atoms with E-state index in [0.29, 0.717) is 24.9 Å². The minimum atomic E-state index is -0.774. The molecule has 1 aromatic heterocycles. The molecule has 3 rings (SSSR count).